The first kappa shape index (κ1) is 19.1. The van der Waals surface area contributed by atoms with Crippen LogP contribution in [0.4, 0.5) is 0 Å². The Morgan fingerprint density at radius 1 is 1.33 bits per heavy atom. The lowest BCUT2D eigenvalue weighted by atomic mass is 9.82. The van der Waals surface area contributed by atoms with Crippen LogP contribution in [0, 0.1) is 12.8 Å². The molecule has 1 N–H and O–H groups in total. The zero-order chi connectivity index (χ0) is 19.2. The SMILES string of the molecule is CCN1C(=O)CC[C@@H](C(=O)NCCCn2ccnc2)[C@@H]1c1ccccc1C. The zero-order valence-corrected chi connectivity index (χ0v) is 16.1. The highest BCUT2D eigenvalue weighted by molar-refractivity contribution is 5.85. The predicted molar refractivity (Wildman–Crippen MR) is 104 cm³/mol. The van der Waals surface area contributed by atoms with E-state index < -0.39 is 0 Å². The van der Waals surface area contributed by atoms with Gasteiger partial charge in [-0.1, -0.05) is 24.3 Å². The molecular weight excluding hydrogens is 340 g/mol. The van der Waals surface area contributed by atoms with E-state index in [4.69, 9.17) is 0 Å². The normalized spacial score (nSPS) is 19.9. The largest absolute Gasteiger partial charge is 0.356 e. The Labute approximate surface area is 160 Å². The minimum absolute atomic E-state index is 0.0415. The number of benzene rings is 1. The van der Waals surface area contributed by atoms with E-state index in [1.54, 1.807) is 12.5 Å². The van der Waals surface area contributed by atoms with Crippen LogP contribution in [0.1, 0.15) is 43.4 Å². The summed E-state index contributed by atoms with van der Waals surface area (Å²) < 4.78 is 2.00. The summed E-state index contributed by atoms with van der Waals surface area (Å²) in [5.74, 6) is -0.0354. The number of rotatable bonds is 7. The molecule has 1 aromatic heterocycles. The molecular formula is C21H28N4O2. The van der Waals surface area contributed by atoms with Gasteiger partial charge < -0.3 is 14.8 Å². The van der Waals surface area contributed by atoms with Crippen molar-refractivity contribution in [2.75, 3.05) is 13.1 Å². The average Bonchev–Trinajstić information content (AvgIpc) is 3.19. The van der Waals surface area contributed by atoms with Crippen molar-refractivity contribution in [1.82, 2.24) is 19.8 Å². The van der Waals surface area contributed by atoms with Crippen molar-refractivity contribution in [2.24, 2.45) is 5.92 Å². The fourth-order valence-corrected chi connectivity index (χ4v) is 3.93. The van der Waals surface area contributed by atoms with Crippen molar-refractivity contribution >= 4 is 11.8 Å². The average molecular weight is 368 g/mol. The molecule has 144 valence electrons. The molecule has 1 saturated heterocycles. The Bertz CT molecular complexity index is 772. The number of hydrogen-bond donors (Lipinski definition) is 1. The zero-order valence-electron chi connectivity index (χ0n) is 16.1. The van der Waals surface area contributed by atoms with Crippen LogP contribution in [0.25, 0.3) is 0 Å². The first-order valence-electron chi connectivity index (χ1n) is 9.70. The lowest BCUT2D eigenvalue weighted by molar-refractivity contribution is -0.143. The summed E-state index contributed by atoms with van der Waals surface area (Å²) in [4.78, 5) is 31.3. The molecule has 0 saturated carbocycles. The van der Waals surface area contributed by atoms with Crippen LogP contribution in [0.3, 0.4) is 0 Å². The smallest absolute Gasteiger partial charge is 0.225 e. The van der Waals surface area contributed by atoms with Gasteiger partial charge in [0.2, 0.25) is 11.8 Å². The second-order valence-corrected chi connectivity index (χ2v) is 7.07. The van der Waals surface area contributed by atoms with Crippen LogP contribution in [0.5, 0.6) is 0 Å². The van der Waals surface area contributed by atoms with Crippen LogP contribution in [-0.2, 0) is 16.1 Å². The van der Waals surface area contributed by atoms with Gasteiger partial charge in [0.1, 0.15) is 0 Å². The first-order chi connectivity index (χ1) is 13.1. The molecule has 1 aliphatic heterocycles. The number of amides is 2. The van der Waals surface area contributed by atoms with E-state index in [0.29, 0.717) is 25.9 Å². The van der Waals surface area contributed by atoms with Gasteiger partial charge in [0.25, 0.3) is 0 Å². The molecule has 0 spiro atoms. The number of hydrogen-bond acceptors (Lipinski definition) is 3. The van der Waals surface area contributed by atoms with Gasteiger partial charge in [-0.2, -0.15) is 0 Å². The summed E-state index contributed by atoms with van der Waals surface area (Å²) in [5, 5.41) is 3.08. The molecule has 0 aliphatic carbocycles. The van der Waals surface area contributed by atoms with E-state index >= 15 is 0 Å². The highest BCUT2D eigenvalue weighted by atomic mass is 16.2. The number of nitrogens with one attached hydrogen (secondary N) is 1. The summed E-state index contributed by atoms with van der Waals surface area (Å²) in [5.41, 5.74) is 2.19. The number of imidazole rings is 1. The Morgan fingerprint density at radius 3 is 2.85 bits per heavy atom. The summed E-state index contributed by atoms with van der Waals surface area (Å²) in [7, 11) is 0. The molecule has 0 radical (unpaired) electrons. The van der Waals surface area contributed by atoms with Gasteiger partial charge in [-0.25, -0.2) is 4.98 Å². The third-order valence-corrected chi connectivity index (χ3v) is 5.34. The molecule has 1 aliphatic rings. The van der Waals surface area contributed by atoms with Crippen LogP contribution in [0.15, 0.2) is 43.0 Å². The van der Waals surface area contributed by atoms with Gasteiger partial charge in [-0.3, -0.25) is 9.59 Å². The highest BCUT2D eigenvalue weighted by Gasteiger charge is 2.40. The minimum atomic E-state index is -0.211. The van der Waals surface area contributed by atoms with E-state index in [9.17, 15) is 9.59 Å². The van der Waals surface area contributed by atoms with E-state index in [0.717, 1.165) is 24.1 Å². The maximum absolute atomic E-state index is 13.0. The summed E-state index contributed by atoms with van der Waals surface area (Å²) >= 11 is 0. The third-order valence-electron chi connectivity index (χ3n) is 5.34. The molecule has 2 atom stereocenters. The van der Waals surface area contributed by atoms with E-state index in [1.165, 1.54) is 0 Å². The molecule has 2 aromatic rings. The summed E-state index contributed by atoms with van der Waals surface area (Å²) in [6.07, 6.45) is 7.33. The quantitative estimate of drug-likeness (QED) is 0.764. The van der Waals surface area contributed by atoms with Crippen LogP contribution in [0.2, 0.25) is 0 Å². The van der Waals surface area contributed by atoms with Crippen molar-refractivity contribution in [3.63, 3.8) is 0 Å². The monoisotopic (exact) mass is 368 g/mol. The predicted octanol–water partition coefficient (Wildman–Crippen LogP) is 2.70. The van der Waals surface area contributed by atoms with E-state index in [2.05, 4.69) is 10.3 Å². The molecule has 2 amide bonds. The molecule has 3 rings (SSSR count). The van der Waals surface area contributed by atoms with Gasteiger partial charge in [0.15, 0.2) is 0 Å². The lowest BCUT2D eigenvalue weighted by Gasteiger charge is -2.41. The number of piperidine rings is 1. The highest BCUT2D eigenvalue weighted by Crippen LogP contribution is 2.38. The molecule has 0 bridgehead atoms. The molecule has 6 nitrogen and oxygen atoms in total. The van der Waals surface area contributed by atoms with Crippen molar-refractivity contribution < 1.29 is 9.59 Å². The van der Waals surface area contributed by atoms with E-state index in [-0.39, 0.29) is 23.8 Å². The summed E-state index contributed by atoms with van der Waals surface area (Å²) in [6.45, 7) is 6.08. The fourth-order valence-electron chi connectivity index (χ4n) is 3.93. The second kappa shape index (κ2) is 8.84. The van der Waals surface area contributed by atoms with Gasteiger partial charge in [0.05, 0.1) is 18.3 Å². The second-order valence-electron chi connectivity index (χ2n) is 7.07. The number of carbonyl (C=O) groups is 2. The number of nitrogens with zero attached hydrogens (tertiary/aromatic N) is 3. The number of carbonyl (C=O) groups excluding carboxylic acids is 2. The van der Waals surface area contributed by atoms with Crippen molar-refractivity contribution in [3.8, 4) is 0 Å². The molecule has 2 heterocycles. The third kappa shape index (κ3) is 4.38. The van der Waals surface area contributed by atoms with Crippen molar-refractivity contribution in [3.05, 3.63) is 54.1 Å². The topological polar surface area (TPSA) is 67.2 Å². The Hall–Kier alpha value is -2.63. The van der Waals surface area contributed by atoms with Gasteiger partial charge >= 0.3 is 0 Å². The first-order valence-corrected chi connectivity index (χ1v) is 9.70. The number of aromatic nitrogens is 2. The van der Waals surface area contributed by atoms with Crippen molar-refractivity contribution in [1.29, 1.82) is 0 Å². The van der Waals surface area contributed by atoms with Crippen LogP contribution < -0.4 is 5.32 Å². The number of aryl methyl sites for hydroxylation is 2. The maximum Gasteiger partial charge on any atom is 0.225 e. The summed E-state index contributed by atoms with van der Waals surface area (Å²) in [6, 6.07) is 7.87. The standard InChI is InChI=1S/C21H28N4O2/c1-3-25-19(26)10-9-18(20(25)17-8-5-4-7-16(17)2)21(27)23-11-6-13-24-14-12-22-15-24/h4-5,7-8,12,14-15,18,20H,3,6,9-11,13H2,1-2H3,(H,23,27)/t18-,20+/m1/s1. The van der Waals surface area contributed by atoms with Crippen molar-refractivity contribution in [2.45, 2.75) is 45.7 Å². The van der Waals surface area contributed by atoms with Gasteiger partial charge in [-0.15, -0.1) is 0 Å². The van der Waals surface area contributed by atoms with Gasteiger partial charge in [-0.05, 0) is 37.8 Å². The number of likely N-dealkylation sites (tertiary alicyclic amines) is 1. The molecule has 27 heavy (non-hydrogen) atoms. The molecule has 0 unspecified atom stereocenters. The van der Waals surface area contributed by atoms with Crippen LogP contribution in [-0.4, -0.2) is 39.4 Å². The molecule has 1 aromatic carbocycles. The van der Waals surface area contributed by atoms with Gasteiger partial charge in [0, 0.05) is 38.4 Å². The molecule has 1 fully saturated rings. The van der Waals surface area contributed by atoms with Crippen LogP contribution >= 0.6 is 0 Å². The Kier molecular flexibility index (Phi) is 6.27. The Morgan fingerprint density at radius 2 is 2.15 bits per heavy atom. The maximum atomic E-state index is 13.0. The lowest BCUT2D eigenvalue weighted by Crippen LogP contribution is -2.48. The minimum Gasteiger partial charge on any atom is -0.356 e. The fraction of sp³-hybridized carbons (Fsp3) is 0.476. The molecule has 6 heteroatoms. The van der Waals surface area contributed by atoms with E-state index in [1.807, 2.05) is 53.8 Å². The Balaban J connectivity index is 1.70.